The van der Waals surface area contributed by atoms with E-state index < -0.39 is 0 Å². The number of carbonyl (C=O) groups is 1. The minimum Gasteiger partial charge on any atom is -0.497 e. The molecule has 140 valence electrons. The smallest absolute Gasteiger partial charge is 0.257 e. The van der Waals surface area contributed by atoms with E-state index in [9.17, 15) is 4.79 Å². The summed E-state index contributed by atoms with van der Waals surface area (Å²) in [6.45, 7) is 1.90. The Morgan fingerprint density at radius 3 is 2.75 bits per heavy atom. The van der Waals surface area contributed by atoms with Crippen LogP contribution in [0.25, 0.3) is 17.2 Å². The van der Waals surface area contributed by atoms with Crippen LogP contribution in [-0.2, 0) is 0 Å². The van der Waals surface area contributed by atoms with Crippen molar-refractivity contribution in [1.29, 1.82) is 0 Å². The van der Waals surface area contributed by atoms with E-state index in [4.69, 9.17) is 4.74 Å². The molecule has 2 aromatic carbocycles. The number of carbonyl (C=O) groups excluding carboxylic acids is 1. The number of nitrogens with zero attached hydrogens (tertiary/aromatic N) is 5. The number of hydrogen-bond donors (Lipinski definition) is 1. The third kappa shape index (κ3) is 3.47. The molecule has 1 N–H and O–H groups in total. The molecule has 8 nitrogen and oxygen atoms in total. The summed E-state index contributed by atoms with van der Waals surface area (Å²) in [6.07, 6.45) is 0. The van der Waals surface area contributed by atoms with Gasteiger partial charge in [0.1, 0.15) is 5.75 Å². The van der Waals surface area contributed by atoms with Crippen molar-refractivity contribution in [3.63, 3.8) is 0 Å². The van der Waals surface area contributed by atoms with Crippen molar-refractivity contribution in [2.45, 2.75) is 6.92 Å². The van der Waals surface area contributed by atoms with Gasteiger partial charge in [-0.1, -0.05) is 29.5 Å². The van der Waals surface area contributed by atoms with Gasteiger partial charge in [0, 0.05) is 17.1 Å². The van der Waals surface area contributed by atoms with E-state index in [1.807, 2.05) is 37.3 Å². The van der Waals surface area contributed by atoms with Gasteiger partial charge in [-0.3, -0.25) is 10.1 Å². The molecule has 4 rings (SSSR count). The monoisotopic (exact) mass is 392 g/mol. The third-order valence-electron chi connectivity index (χ3n) is 4.09. The van der Waals surface area contributed by atoms with E-state index in [0.29, 0.717) is 28.0 Å². The lowest BCUT2D eigenvalue weighted by atomic mass is 10.2. The summed E-state index contributed by atoms with van der Waals surface area (Å²) >= 11 is 1.09. The molecule has 0 radical (unpaired) electrons. The summed E-state index contributed by atoms with van der Waals surface area (Å²) in [4.78, 5) is 16.8. The topological polar surface area (TPSA) is 94.8 Å². The summed E-state index contributed by atoms with van der Waals surface area (Å²) in [6, 6.07) is 16.6. The second-order valence-electron chi connectivity index (χ2n) is 5.88. The molecule has 0 aliphatic rings. The maximum Gasteiger partial charge on any atom is 0.257 e. The number of rotatable bonds is 5. The average molecular weight is 392 g/mol. The molecule has 0 aliphatic heterocycles. The van der Waals surface area contributed by atoms with Crippen LogP contribution < -0.4 is 10.1 Å². The molecule has 4 aromatic rings. The Hall–Kier alpha value is -3.59. The number of amides is 1. The molecule has 0 spiro atoms. The van der Waals surface area contributed by atoms with Crippen LogP contribution in [0.4, 0.5) is 5.13 Å². The summed E-state index contributed by atoms with van der Waals surface area (Å²) in [5, 5.41) is 11.5. The lowest BCUT2D eigenvalue weighted by Crippen LogP contribution is -2.11. The lowest BCUT2D eigenvalue weighted by molar-refractivity contribution is 0.102. The van der Waals surface area contributed by atoms with E-state index >= 15 is 0 Å². The number of benzene rings is 2. The Labute approximate surface area is 165 Å². The first-order valence-corrected chi connectivity index (χ1v) is 9.20. The molecule has 0 fully saturated rings. The molecule has 0 saturated heterocycles. The van der Waals surface area contributed by atoms with E-state index in [1.165, 1.54) is 0 Å². The van der Waals surface area contributed by atoms with E-state index in [0.717, 1.165) is 22.9 Å². The highest BCUT2D eigenvalue weighted by atomic mass is 32.1. The quantitative estimate of drug-likeness (QED) is 0.560. The molecule has 28 heavy (non-hydrogen) atoms. The van der Waals surface area contributed by atoms with Crippen LogP contribution >= 0.6 is 11.5 Å². The van der Waals surface area contributed by atoms with Crippen LogP contribution in [0.2, 0.25) is 0 Å². The van der Waals surface area contributed by atoms with Crippen LogP contribution in [0.3, 0.4) is 0 Å². The maximum atomic E-state index is 12.4. The molecule has 1 amide bonds. The van der Waals surface area contributed by atoms with Gasteiger partial charge in [0.25, 0.3) is 5.91 Å². The summed E-state index contributed by atoms with van der Waals surface area (Å²) < 4.78 is 11.2. The van der Waals surface area contributed by atoms with Crippen LogP contribution in [0, 0.1) is 6.92 Å². The van der Waals surface area contributed by atoms with Crippen LogP contribution in [0.5, 0.6) is 5.75 Å². The fraction of sp³-hybridized carbons (Fsp3) is 0.105. The summed E-state index contributed by atoms with van der Waals surface area (Å²) in [5.41, 5.74) is 2.76. The zero-order valence-corrected chi connectivity index (χ0v) is 16.0. The van der Waals surface area contributed by atoms with Crippen LogP contribution in [-0.4, -0.2) is 37.4 Å². The van der Waals surface area contributed by atoms with Crippen LogP contribution in [0.15, 0.2) is 54.6 Å². The second kappa shape index (κ2) is 7.57. The first-order chi connectivity index (χ1) is 13.7. The number of ether oxygens (including phenoxy) is 1. The van der Waals surface area contributed by atoms with Gasteiger partial charge in [-0.05, 0) is 37.3 Å². The number of methoxy groups -OCH3 is 1. The fourth-order valence-electron chi connectivity index (χ4n) is 2.65. The predicted molar refractivity (Wildman–Crippen MR) is 106 cm³/mol. The van der Waals surface area contributed by atoms with Crippen molar-refractivity contribution >= 4 is 22.6 Å². The van der Waals surface area contributed by atoms with Gasteiger partial charge in [0.2, 0.25) is 5.13 Å². The number of aromatic nitrogens is 5. The number of anilines is 1. The van der Waals surface area contributed by atoms with Gasteiger partial charge >= 0.3 is 0 Å². The zero-order chi connectivity index (χ0) is 19.5. The molecule has 0 bridgehead atoms. The summed E-state index contributed by atoms with van der Waals surface area (Å²) in [5.74, 6) is 0.746. The summed E-state index contributed by atoms with van der Waals surface area (Å²) in [7, 11) is 1.55. The first kappa shape index (κ1) is 17.8. The Kier molecular flexibility index (Phi) is 4.81. The number of nitrogens with one attached hydrogen (secondary N) is 1. The minimum atomic E-state index is -0.286. The highest BCUT2D eigenvalue weighted by Crippen LogP contribution is 2.24. The fourth-order valence-corrected chi connectivity index (χ4v) is 3.22. The molecule has 0 saturated carbocycles. The van der Waals surface area contributed by atoms with E-state index in [-0.39, 0.29) is 5.91 Å². The van der Waals surface area contributed by atoms with E-state index in [1.54, 1.807) is 36.1 Å². The Balaban J connectivity index is 1.55. The van der Waals surface area contributed by atoms with Gasteiger partial charge < -0.3 is 4.74 Å². The average Bonchev–Trinajstić information content (AvgIpc) is 3.35. The first-order valence-electron chi connectivity index (χ1n) is 8.43. The van der Waals surface area contributed by atoms with Gasteiger partial charge in [-0.2, -0.15) is 9.36 Å². The number of hydrogen-bond acceptors (Lipinski definition) is 7. The normalized spacial score (nSPS) is 10.6. The van der Waals surface area contributed by atoms with Crippen molar-refractivity contribution in [2.24, 2.45) is 0 Å². The van der Waals surface area contributed by atoms with Gasteiger partial charge in [0.05, 0.1) is 18.5 Å². The molecule has 2 aromatic heterocycles. The zero-order valence-electron chi connectivity index (χ0n) is 15.2. The molecule has 0 unspecified atom stereocenters. The van der Waals surface area contributed by atoms with Crippen molar-refractivity contribution in [2.75, 3.05) is 12.4 Å². The predicted octanol–water partition coefficient (Wildman–Crippen LogP) is 3.36. The third-order valence-corrected chi connectivity index (χ3v) is 4.72. The largest absolute Gasteiger partial charge is 0.497 e. The van der Waals surface area contributed by atoms with Crippen molar-refractivity contribution in [1.82, 2.24) is 24.4 Å². The standard InChI is InChI=1S/C19H16N6O2S/c1-12-16(22-24-25(12)14-8-4-3-5-9-14)17-20-19(28-23-17)21-18(26)13-7-6-10-15(11-13)27-2/h3-11H,1-2H3,(H,20,21,23,26). The SMILES string of the molecule is COc1cccc(C(=O)Nc2nc(-c3nnn(-c4ccccc4)c3C)ns2)c1. The van der Waals surface area contributed by atoms with Crippen molar-refractivity contribution in [3.05, 3.63) is 65.9 Å². The molecular weight excluding hydrogens is 376 g/mol. The second-order valence-corrected chi connectivity index (χ2v) is 6.63. The highest BCUT2D eigenvalue weighted by Gasteiger charge is 2.18. The molecular formula is C19H16N6O2S. The van der Waals surface area contributed by atoms with Gasteiger partial charge in [-0.25, -0.2) is 4.68 Å². The number of para-hydroxylation sites is 1. The molecule has 0 aliphatic carbocycles. The van der Waals surface area contributed by atoms with Crippen LogP contribution in [0.1, 0.15) is 16.1 Å². The lowest BCUT2D eigenvalue weighted by Gasteiger charge is -2.03. The maximum absolute atomic E-state index is 12.4. The Morgan fingerprint density at radius 1 is 1.14 bits per heavy atom. The van der Waals surface area contributed by atoms with Crippen molar-refractivity contribution < 1.29 is 9.53 Å². The Morgan fingerprint density at radius 2 is 1.96 bits per heavy atom. The van der Waals surface area contributed by atoms with Crippen molar-refractivity contribution in [3.8, 4) is 23.0 Å². The molecule has 9 heteroatoms. The van der Waals surface area contributed by atoms with E-state index in [2.05, 4.69) is 25.0 Å². The minimum absolute atomic E-state index is 0.286. The Bertz CT molecular complexity index is 1120. The highest BCUT2D eigenvalue weighted by molar-refractivity contribution is 7.10. The van der Waals surface area contributed by atoms with Gasteiger partial charge in [-0.15, -0.1) is 5.10 Å². The van der Waals surface area contributed by atoms with Gasteiger partial charge in [0.15, 0.2) is 11.5 Å². The molecule has 2 heterocycles. The molecule has 0 atom stereocenters.